The van der Waals surface area contributed by atoms with Crippen LogP contribution in [0.3, 0.4) is 0 Å². The minimum atomic E-state index is -0.0206. The van der Waals surface area contributed by atoms with E-state index < -0.39 is 0 Å². The Kier molecular flexibility index (Phi) is 5.36. The number of thioether (sulfide) groups is 1. The number of rotatable bonds is 7. The molecule has 0 bridgehead atoms. The molecule has 27 heavy (non-hydrogen) atoms. The molecule has 4 rings (SSSR count). The van der Waals surface area contributed by atoms with Crippen LogP contribution in [0.5, 0.6) is 0 Å². The summed E-state index contributed by atoms with van der Waals surface area (Å²) >= 11 is 4.69. The summed E-state index contributed by atoms with van der Waals surface area (Å²) in [7, 11) is 1.76. The first-order valence-electron chi connectivity index (χ1n) is 8.63. The van der Waals surface area contributed by atoms with Gasteiger partial charge in [-0.1, -0.05) is 39.8 Å². The largest absolute Gasteiger partial charge is 0.459 e. The zero-order valence-corrected chi connectivity index (χ0v) is 17.1. The van der Waals surface area contributed by atoms with Crippen LogP contribution in [0, 0.1) is 0 Å². The van der Waals surface area contributed by atoms with Crippen LogP contribution in [0.4, 0.5) is 0 Å². The van der Waals surface area contributed by atoms with Gasteiger partial charge in [0.2, 0.25) is 11.8 Å². The molecule has 2 aromatic heterocycles. The summed E-state index contributed by atoms with van der Waals surface area (Å²) in [5, 5.41) is 8.47. The first-order valence-corrected chi connectivity index (χ1v) is 10.4. The number of furan rings is 1. The summed E-state index contributed by atoms with van der Waals surface area (Å²) < 4.78 is 12.5. The Morgan fingerprint density at radius 1 is 1.19 bits per heavy atom. The maximum Gasteiger partial charge on any atom is 0.277 e. The molecule has 1 fully saturated rings. The molecule has 1 saturated carbocycles. The molecule has 6 nitrogen and oxygen atoms in total. The van der Waals surface area contributed by atoms with Crippen LogP contribution in [0.1, 0.15) is 30.4 Å². The number of benzene rings is 1. The van der Waals surface area contributed by atoms with Gasteiger partial charge in [-0.2, -0.15) is 0 Å². The lowest BCUT2D eigenvalue weighted by Crippen LogP contribution is -2.27. The average molecular weight is 448 g/mol. The van der Waals surface area contributed by atoms with Gasteiger partial charge in [-0.15, -0.1) is 10.2 Å². The molecule has 1 amide bonds. The van der Waals surface area contributed by atoms with E-state index in [4.69, 9.17) is 8.83 Å². The number of nitrogens with zero attached hydrogens (tertiary/aromatic N) is 3. The molecule has 0 spiro atoms. The maximum atomic E-state index is 12.4. The van der Waals surface area contributed by atoms with Gasteiger partial charge in [-0.3, -0.25) is 4.79 Å². The van der Waals surface area contributed by atoms with E-state index in [1.165, 1.54) is 11.8 Å². The predicted molar refractivity (Wildman–Crippen MR) is 105 cm³/mol. The van der Waals surface area contributed by atoms with Crippen LogP contribution in [0.15, 0.2) is 54.9 Å². The van der Waals surface area contributed by atoms with Crippen molar-refractivity contribution in [2.45, 2.75) is 30.5 Å². The Morgan fingerprint density at radius 2 is 1.96 bits per heavy atom. The highest BCUT2D eigenvalue weighted by Crippen LogP contribution is 2.39. The summed E-state index contributed by atoms with van der Waals surface area (Å²) in [5.74, 6) is 2.86. The Labute approximate surface area is 169 Å². The third-order valence-corrected chi connectivity index (χ3v) is 5.61. The van der Waals surface area contributed by atoms with Crippen molar-refractivity contribution in [3.63, 3.8) is 0 Å². The minimum Gasteiger partial charge on any atom is -0.459 e. The van der Waals surface area contributed by atoms with E-state index in [1.54, 1.807) is 11.9 Å². The van der Waals surface area contributed by atoms with Crippen LogP contribution in [-0.4, -0.2) is 33.8 Å². The highest BCUT2D eigenvalue weighted by Gasteiger charge is 2.29. The second-order valence-electron chi connectivity index (χ2n) is 6.49. The van der Waals surface area contributed by atoms with Crippen molar-refractivity contribution in [1.82, 2.24) is 15.1 Å². The predicted octanol–water partition coefficient (Wildman–Crippen LogP) is 4.72. The number of carbonyl (C=O) groups excluding carboxylic acids is 1. The molecule has 0 radical (unpaired) electrons. The lowest BCUT2D eigenvalue weighted by Gasteiger charge is -2.14. The standard InChI is InChI=1S/C19H18BrN3O3S/c1-23(17(24)11-27-19-22-21-18(26-19)13-2-3-13)10-15-8-9-16(25-15)12-4-6-14(20)7-5-12/h4-9,13H,2-3,10-11H2,1H3. The first kappa shape index (κ1) is 18.3. The topological polar surface area (TPSA) is 72.4 Å². The SMILES string of the molecule is CN(Cc1ccc(-c2ccc(Br)cc2)o1)C(=O)CSc1nnc(C2CC2)o1. The van der Waals surface area contributed by atoms with Gasteiger partial charge in [0.15, 0.2) is 0 Å². The fourth-order valence-electron chi connectivity index (χ4n) is 2.56. The van der Waals surface area contributed by atoms with Crippen LogP contribution in [-0.2, 0) is 11.3 Å². The third kappa shape index (κ3) is 4.62. The van der Waals surface area contributed by atoms with E-state index >= 15 is 0 Å². The minimum absolute atomic E-state index is 0.0206. The molecule has 140 valence electrons. The molecule has 1 aromatic carbocycles. The van der Waals surface area contributed by atoms with Crippen molar-refractivity contribution in [2.24, 2.45) is 0 Å². The lowest BCUT2D eigenvalue weighted by atomic mass is 10.2. The number of hydrogen-bond acceptors (Lipinski definition) is 6. The van der Waals surface area contributed by atoms with E-state index in [2.05, 4.69) is 26.1 Å². The number of amides is 1. The Hall–Kier alpha value is -2.06. The molecule has 0 N–H and O–H groups in total. The molecular formula is C19H18BrN3O3S. The maximum absolute atomic E-state index is 12.4. The van der Waals surface area contributed by atoms with Gasteiger partial charge in [0, 0.05) is 23.0 Å². The number of aromatic nitrogens is 2. The Morgan fingerprint density at radius 3 is 2.70 bits per heavy atom. The van der Waals surface area contributed by atoms with Crippen molar-refractivity contribution in [2.75, 3.05) is 12.8 Å². The van der Waals surface area contributed by atoms with Crippen LogP contribution in [0.2, 0.25) is 0 Å². The fraction of sp³-hybridized carbons (Fsp3) is 0.316. The summed E-state index contributed by atoms with van der Waals surface area (Å²) in [4.78, 5) is 14.0. The second kappa shape index (κ2) is 7.90. The van der Waals surface area contributed by atoms with Crippen molar-refractivity contribution in [3.05, 3.63) is 52.5 Å². The van der Waals surface area contributed by atoms with E-state index in [9.17, 15) is 4.79 Å². The molecule has 0 unspecified atom stereocenters. The summed E-state index contributed by atoms with van der Waals surface area (Å²) in [6.45, 7) is 0.410. The first-order chi connectivity index (χ1) is 13.1. The smallest absolute Gasteiger partial charge is 0.277 e. The molecule has 0 saturated heterocycles. The van der Waals surface area contributed by atoms with Gasteiger partial charge in [-0.25, -0.2) is 0 Å². The average Bonchev–Trinajstić information content (AvgIpc) is 3.23. The number of halogens is 1. The monoisotopic (exact) mass is 447 g/mol. The molecule has 0 atom stereocenters. The van der Waals surface area contributed by atoms with Gasteiger partial charge in [-0.05, 0) is 37.1 Å². The third-order valence-electron chi connectivity index (χ3n) is 4.28. The lowest BCUT2D eigenvalue weighted by molar-refractivity contribution is -0.127. The van der Waals surface area contributed by atoms with Crippen LogP contribution in [0.25, 0.3) is 11.3 Å². The summed E-state index contributed by atoms with van der Waals surface area (Å²) in [5.41, 5.74) is 0.997. The van der Waals surface area contributed by atoms with E-state index in [1.807, 2.05) is 36.4 Å². The molecule has 1 aliphatic carbocycles. The molecule has 0 aliphatic heterocycles. The van der Waals surface area contributed by atoms with Gasteiger partial charge < -0.3 is 13.7 Å². The fourth-order valence-corrected chi connectivity index (χ4v) is 3.54. The zero-order valence-electron chi connectivity index (χ0n) is 14.7. The van der Waals surface area contributed by atoms with Crippen LogP contribution >= 0.6 is 27.7 Å². The van der Waals surface area contributed by atoms with E-state index in [0.717, 1.165) is 34.4 Å². The van der Waals surface area contributed by atoms with Gasteiger partial charge in [0.1, 0.15) is 11.5 Å². The van der Waals surface area contributed by atoms with Crippen molar-refractivity contribution >= 4 is 33.6 Å². The quantitative estimate of drug-likeness (QED) is 0.487. The second-order valence-corrected chi connectivity index (χ2v) is 8.33. The van der Waals surface area contributed by atoms with Gasteiger partial charge in [0.05, 0.1) is 12.3 Å². The Bertz CT molecular complexity index is 934. The molecule has 2 heterocycles. The normalized spacial score (nSPS) is 13.7. The van der Waals surface area contributed by atoms with E-state index in [0.29, 0.717) is 23.6 Å². The molecule has 1 aliphatic rings. The number of carbonyl (C=O) groups is 1. The van der Waals surface area contributed by atoms with Gasteiger partial charge in [0.25, 0.3) is 5.22 Å². The Balaban J connectivity index is 1.30. The van der Waals surface area contributed by atoms with Gasteiger partial charge >= 0.3 is 0 Å². The highest BCUT2D eigenvalue weighted by molar-refractivity contribution is 9.10. The van der Waals surface area contributed by atoms with Crippen molar-refractivity contribution in [3.8, 4) is 11.3 Å². The van der Waals surface area contributed by atoms with E-state index in [-0.39, 0.29) is 11.7 Å². The molecule has 3 aromatic rings. The van der Waals surface area contributed by atoms with Crippen molar-refractivity contribution < 1.29 is 13.6 Å². The zero-order chi connectivity index (χ0) is 18.8. The van der Waals surface area contributed by atoms with Crippen molar-refractivity contribution in [1.29, 1.82) is 0 Å². The van der Waals surface area contributed by atoms with Crippen LogP contribution < -0.4 is 0 Å². The molecule has 8 heteroatoms. The number of hydrogen-bond donors (Lipinski definition) is 0. The highest BCUT2D eigenvalue weighted by atomic mass is 79.9. The summed E-state index contributed by atoms with van der Waals surface area (Å²) in [6, 6.07) is 11.7. The summed E-state index contributed by atoms with van der Waals surface area (Å²) in [6.07, 6.45) is 2.22. The molecular weight excluding hydrogens is 430 g/mol.